The third-order valence-electron chi connectivity index (χ3n) is 2.63. The van der Waals surface area contributed by atoms with Crippen molar-refractivity contribution in [1.82, 2.24) is 0 Å². The lowest BCUT2D eigenvalue weighted by molar-refractivity contribution is 0.210. The molecule has 3 nitrogen and oxygen atoms in total. The predicted octanol–water partition coefficient (Wildman–Crippen LogP) is 2.29. The van der Waals surface area contributed by atoms with Crippen LogP contribution < -0.4 is 16.0 Å². The number of hydrogen-bond donors (Lipinski definition) is 2. The van der Waals surface area contributed by atoms with Gasteiger partial charge in [0.2, 0.25) is 0 Å². The Balaban J connectivity index is 1.95. The molecule has 0 spiro atoms. The average Bonchev–Trinajstić information content (AvgIpc) is 2.72. The predicted molar refractivity (Wildman–Crippen MR) is 57.1 cm³/mol. The van der Waals surface area contributed by atoms with Crippen molar-refractivity contribution in [2.75, 3.05) is 5.43 Å². The first-order chi connectivity index (χ1) is 6.88. The summed E-state index contributed by atoms with van der Waals surface area (Å²) in [6.07, 6.45) is 5.40. The van der Waals surface area contributed by atoms with Gasteiger partial charge in [-0.1, -0.05) is 0 Å². The minimum atomic E-state index is 0.423. The Bertz CT molecular complexity index is 278. The third kappa shape index (κ3) is 2.17. The number of anilines is 1. The molecule has 0 radical (unpaired) electrons. The molecule has 1 aliphatic carbocycles. The van der Waals surface area contributed by atoms with Crippen molar-refractivity contribution >= 4 is 5.69 Å². The second kappa shape index (κ2) is 4.33. The van der Waals surface area contributed by atoms with Gasteiger partial charge < -0.3 is 10.2 Å². The monoisotopic (exact) mass is 192 g/mol. The van der Waals surface area contributed by atoms with E-state index in [1.807, 2.05) is 24.3 Å². The normalized spacial score (nSPS) is 16.9. The first-order valence-corrected chi connectivity index (χ1v) is 5.12. The van der Waals surface area contributed by atoms with E-state index in [1.165, 1.54) is 25.7 Å². The fraction of sp³-hybridized carbons (Fsp3) is 0.455. The van der Waals surface area contributed by atoms with E-state index in [1.54, 1.807) is 0 Å². The van der Waals surface area contributed by atoms with Crippen molar-refractivity contribution in [1.29, 1.82) is 0 Å². The van der Waals surface area contributed by atoms with Gasteiger partial charge in [0.05, 0.1) is 6.10 Å². The van der Waals surface area contributed by atoms with Crippen LogP contribution in [0.3, 0.4) is 0 Å². The molecule has 0 saturated heterocycles. The Kier molecular flexibility index (Phi) is 2.89. The minimum Gasteiger partial charge on any atom is -0.490 e. The van der Waals surface area contributed by atoms with E-state index in [-0.39, 0.29) is 0 Å². The molecule has 0 amide bonds. The molecule has 0 aliphatic heterocycles. The minimum absolute atomic E-state index is 0.423. The van der Waals surface area contributed by atoms with Gasteiger partial charge in [-0.3, -0.25) is 5.84 Å². The van der Waals surface area contributed by atoms with Gasteiger partial charge in [0.1, 0.15) is 5.75 Å². The molecule has 3 N–H and O–H groups in total. The van der Waals surface area contributed by atoms with E-state index in [0.717, 1.165) is 11.4 Å². The molecule has 2 rings (SSSR count). The van der Waals surface area contributed by atoms with E-state index < -0.39 is 0 Å². The lowest BCUT2D eigenvalue weighted by atomic mass is 10.3. The maximum absolute atomic E-state index is 5.81. The van der Waals surface area contributed by atoms with Gasteiger partial charge in [0.15, 0.2) is 0 Å². The summed E-state index contributed by atoms with van der Waals surface area (Å²) in [4.78, 5) is 0. The van der Waals surface area contributed by atoms with Crippen LogP contribution in [0.5, 0.6) is 5.75 Å². The highest BCUT2D eigenvalue weighted by Crippen LogP contribution is 2.24. The second-order valence-electron chi connectivity index (χ2n) is 3.69. The number of nitrogen functional groups attached to an aromatic ring is 1. The van der Waals surface area contributed by atoms with Crippen LogP contribution in [0.15, 0.2) is 24.3 Å². The molecule has 14 heavy (non-hydrogen) atoms. The molecule has 0 unspecified atom stereocenters. The van der Waals surface area contributed by atoms with Crippen LogP contribution in [-0.2, 0) is 0 Å². The number of nitrogens with two attached hydrogens (primary N) is 1. The summed E-state index contributed by atoms with van der Waals surface area (Å²) < 4.78 is 5.81. The lowest BCUT2D eigenvalue weighted by Gasteiger charge is -2.13. The molecule has 1 aromatic carbocycles. The van der Waals surface area contributed by atoms with E-state index in [9.17, 15) is 0 Å². The Morgan fingerprint density at radius 3 is 2.36 bits per heavy atom. The zero-order valence-electron chi connectivity index (χ0n) is 8.20. The average molecular weight is 192 g/mol. The highest BCUT2D eigenvalue weighted by atomic mass is 16.5. The molecule has 76 valence electrons. The standard InChI is InChI=1S/C11H16N2O/c12-13-9-5-7-11(8-6-9)14-10-3-1-2-4-10/h5-8,10,13H,1-4,12H2. The van der Waals surface area contributed by atoms with Crippen LogP contribution in [0, 0.1) is 0 Å². The van der Waals surface area contributed by atoms with E-state index in [0.29, 0.717) is 6.10 Å². The lowest BCUT2D eigenvalue weighted by Crippen LogP contribution is -2.11. The summed E-state index contributed by atoms with van der Waals surface area (Å²) in [6.45, 7) is 0. The Labute approximate surface area is 84.2 Å². The Morgan fingerprint density at radius 1 is 1.14 bits per heavy atom. The highest BCUT2D eigenvalue weighted by Gasteiger charge is 2.15. The fourth-order valence-corrected chi connectivity index (χ4v) is 1.83. The smallest absolute Gasteiger partial charge is 0.119 e. The van der Waals surface area contributed by atoms with Crippen molar-refractivity contribution in [3.63, 3.8) is 0 Å². The summed E-state index contributed by atoms with van der Waals surface area (Å²) in [5, 5.41) is 0. The third-order valence-corrected chi connectivity index (χ3v) is 2.63. The number of benzene rings is 1. The molecular weight excluding hydrogens is 176 g/mol. The first kappa shape index (κ1) is 9.34. The van der Waals surface area contributed by atoms with Gasteiger partial charge in [-0.2, -0.15) is 0 Å². The van der Waals surface area contributed by atoms with Crippen molar-refractivity contribution in [3.8, 4) is 5.75 Å². The Hall–Kier alpha value is -1.22. The van der Waals surface area contributed by atoms with Crippen molar-refractivity contribution in [2.24, 2.45) is 5.84 Å². The van der Waals surface area contributed by atoms with Gasteiger partial charge in [-0.15, -0.1) is 0 Å². The number of hydrazine groups is 1. The van der Waals surface area contributed by atoms with Gasteiger partial charge in [-0.25, -0.2) is 0 Å². The number of rotatable bonds is 3. The summed E-state index contributed by atoms with van der Waals surface area (Å²) in [5.41, 5.74) is 3.50. The second-order valence-corrected chi connectivity index (χ2v) is 3.69. The molecule has 1 fully saturated rings. The van der Waals surface area contributed by atoms with E-state index in [4.69, 9.17) is 10.6 Å². The molecule has 1 aliphatic rings. The van der Waals surface area contributed by atoms with Crippen LogP contribution >= 0.6 is 0 Å². The molecular formula is C11H16N2O. The SMILES string of the molecule is NNc1ccc(OC2CCCC2)cc1. The zero-order valence-corrected chi connectivity index (χ0v) is 8.20. The topological polar surface area (TPSA) is 47.3 Å². The zero-order chi connectivity index (χ0) is 9.80. The molecule has 0 heterocycles. The summed E-state index contributed by atoms with van der Waals surface area (Å²) in [6, 6.07) is 7.75. The summed E-state index contributed by atoms with van der Waals surface area (Å²) in [7, 11) is 0. The number of ether oxygens (including phenoxy) is 1. The molecule has 3 heteroatoms. The Morgan fingerprint density at radius 2 is 1.79 bits per heavy atom. The number of nitrogens with one attached hydrogen (secondary N) is 1. The van der Waals surface area contributed by atoms with Crippen molar-refractivity contribution in [2.45, 2.75) is 31.8 Å². The molecule has 0 atom stereocenters. The van der Waals surface area contributed by atoms with Crippen LogP contribution in [0.1, 0.15) is 25.7 Å². The van der Waals surface area contributed by atoms with E-state index in [2.05, 4.69) is 5.43 Å². The highest BCUT2D eigenvalue weighted by molar-refractivity contribution is 5.45. The quantitative estimate of drug-likeness (QED) is 0.570. The van der Waals surface area contributed by atoms with Gasteiger partial charge >= 0.3 is 0 Å². The molecule has 1 saturated carbocycles. The van der Waals surface area contributed by atoms with Gasteiger partial charge in [0.25, 0.3) is 0 Å². The molecule has 1 aromatic rings. The molecule has 0 bridgehead atoms. The maximum atomic E-state index is 5.81. The van der Waals surface area contributed by atoms with Crippen molar-refractivity contribution < 1.29 is 4.74 Å². The van der Waals surface area contributed by atoms with Gasteiger partial charge in [0, 0.05) is 5.69 Å². The van der Waals surface area contributed by atoms with Gasteiger partial charge in [-0.05, 0) is 49.9 Å². The van der Waals surface area contributed by atoms with Crippen LogP contribution in [-0.4, -0.2) is 6.10 Å². The molecule has 0 aromatic heterocycles. The first-order valence-electron chi connectivity index (χ1n) is 5.12. The largest absolute Gasteiger partial charge is 0.490 e. The van der Waals surface area contributed by atoms with Crippen LogP contribution in [0.2, 0.25) is 0 Å². The summed E-state index contributed by atoms with van der Waals surface area (Å²) in [5.74, 6) is 6.21. The maximum Gasteiger partial charge on any atom is 0.119 e. The van der Waals surface area contributed by atoms with Crippen LogP contribution in [0.4, 0.5) is 5.69 Å². The van der Waals surface area contributed by atoms with Crippen LogP contribution in [0.25, 0.3) is 0 Å². The van der Waals surface area contributed by atoms with E-state index >= 15 is 0 Å². The van der Waals surface area contributed by atoms with Crippen molar-refractivity contribution in [3.05, 3.63) is 24.3 Å². The summed E-state index contributed by atoms with van der Waals surface area (Å²) >= 11 is 0. The fourth-order valence-electron chi connectivity index (χ4n) is 1.83. The number of hydrogen-bond acceptors (Lipinski definition) is 3.